The molecule has 0 saturated carbocycles. The molecular formula is C11H13N. The average molecular weight is 159 g/mol. The third kappa shape index (κ3) is 1.76. The van der Waals surface area contributed by atoms with Crippen LogP contribution in [-0.4, -0.2) is 0 Å². The molecule has 0 fully saturated rings. The first kappa shape index (κ1) is 8.60. The molecule has 0 aliphatic rings. The van der Waals surface area contributed by atoms with E-state index in [2.05, 4.69) is 6.58 Å². The van der Waals surface area contributed by atoms with Crippen molar-refractivity contribution in [1.29, 1.82) is 0 Å². The molecule has 0 amide bonds. The normalized spacial score (nSPS) is 13.4. The highest BCUT2D eigenvalue weighted by Crippen LogP contribution is 1.89. The molecule has 0 aromatic heterocycles. The lowest BCUT2D eigenvalue weighted by Gasteiger charge is -1.92. The lowest BCUT2D eigenvalue weighted by Crippen LogP contribution is -2.23. The molecule has 0 spiro atoms. The average Bonchev–Trinajstić information content (AvgIpc) is 2.08. The molecule has 0 radical (unpaired) electrons. The minimum absolute atomic E-state index is 0.796. The first-order valence-corrected chi connectivity index (χ1v) is 3.92. The Morgan fingerprint density at radius 3 is 2.67 bits per heavy atom. The third-order valence-corrected chi connectivity index (χ3v) is 1.72. The van der Waals surface area contributed by atoms with Gasteiger partial charge in [-0.2, -0.15) is 0 Å². The summed E-state index contributed by atoms with van der Waals surface area (Å²) < 4.78 is 0. The van der Waals surface area contributed by atoms with Crippen LogP contribution in [0.15, 0.2) is 30.9 Å². The van der Waals surface area contributed by atoms with Crippen molar-refractivity contribution in [2.75, 3.05) is 5.73 Å². The zero-order valence-corrected chi connectivity index (χ0v) is 7.25. The van der Waals surface area contributed by atoms with Crippen LogP contribution in [0.4, 0.5) is 5.69 Å². The number of allylic oxidation sites excluding steroid dienone is 1. The molecule has 1 aromatic carbocycles. The molecule has 62 valence electrons. The summed E-state index contributed by atoms with van der Waals surface area (Å²) in [6.45, 7) is 5.65. The van der Waals surface area contributed by atoms with Crippen LogP contribution in [0.1, 0.15) is 6.92 Å². The topological polar surface area (TPSA) is 26.0 Å². The summed E-state index contributed by atoms with van der Waals surface area (Å²) in [5.41, 5.74) is 6.44. The Bertz CT molecular complexity index is 388. The van der Waals surface area contributed by atoms with Crippen LogP contribution in [0.25, 0.3) is 12.2 Å². The maximum Gasteiger partial charge on any atom is 0.0320 e. The Morgan fingerprint density at radius 2 is 2.08 bits per heavy atom. The van der Waals surface area contributed by atoms with Crippen LogP contribution in [0.3, 0.4) is 0 Å². The maximum atomic E-state index is 5.64. The summed E-state index contributed by atoms with van der Waals surface area (Å²) in [6, 6.07) is 5.84. The van der Waals surface area contributed by atoms with Gasteiger partial charge < -0.3 is 5.73 Å². The minimum Gasteiger partial charge on any atom is -0.399 e. The molecule has 1 rings (SSSR count). The Balaban J connectivity index is 3.52. The number of rotatable bonds is 1. The van der Waals surface area contributed by atoms with Gasteiger partial charge in [-0.05, 0) is 29.5 Å². The van der Waals surface area contributed by atoms with Crippen molar-refractivity contribution in [3.8, 4) is 0 Å². The molecule has 0 atom stereocenters. The summed E-state index contributed by atoms with van der Waals surface area (Å²) in [6.07, 6.45) is 5.78. The van der Waals surface area contributed by atoms with Crippen molar-refractivity contribution in [3.05, 3.63) is 41.3 Å². The number of benzene rings is 1. The summed E-state index contributed by atoms with van der Waals surface area (Å²) in [5.74, 6) is 0. The zero-order chi connectivity index (χ0) is 8.97. The Kier molecular flexibility index (Phi) is 2.70. The molecule has 0 aliphatic heterocycles. The lowest BCUT2D eigenvalue weighted by molar-refractivity contribution is 1.51. The van der Waals surface area contributed by atoms with Crippen LogP contribution in [0.2, 0.25) is 0 Å². The van der Waals surface area contributed by atoms with Crippen LogP contribution in [-0.2, 0) is 0 Å². The fourth-order valence-electron chi connectivity index (χ4n) is 1.12. The van der Waals surface area contributed by atoms with Crippen molar-refractivity contribution in [2.24, 2.45) is 0 Å². The largest absolute Gasteiger partial charge is 0.399 e. The lowest BCUT2D eigenvalue weighted by atomic mass is 10.2. The van der Waals surface area contributed by atoms with E-state index in [0.29, 0.717) is 0 Å². The molecule has 0 bridgehead atoms. The van der Waals surface area contributed by atoms with Crippen LogP contribution in [0, 0.1) is 0 Å². The molecule has 12 heavy (non-hydrogen) atoms. The highest BCUT2D eigenvalue weighted by Gasteiger charge is 1.84. The second kappa shape index (κ2) is 3.77. The SMILES string of the molecule is C=C/C=c1/ccc(N)c/c1=C/C. The number of anilines is 1. The van der Waals surface area contributed by atoms with Crippen molar-refractivity contribution < 1.29 is 0 Å². The molecule has 1 aromatic rings. The van der Waals surface area contributed by atoms with Crippen molar-refractivity contribution in [1.82, 2.24) is 0 Å². The van der Waals surface area contributed by atoms with Crippen LogP contribution in [0.5, 0.6) is 0 Å². The smallest absolute Gasteiger partial charge is 0.0320 e. The highest BCUT2D eigenvalue weighted by molar-refractivity contribution is 5.45. The van der Waals surface area contributed by atoms with E-state index in [1.165, 1.54) is 0 Å². The van der Waals surface area contributed by atoms with E-state index in [9.17, 15) is 0 Å². The minimum atomic E-state index is 0.796. The summed E-state index contributed by atoms with van der Waals surface area (Å²) >= 11 is 0. The Morgan fingerprint density at radius 1 is 1.33 bits per heavy atom. The molecular weight excluding hydrogens is 146 g/mol. The van der Waals surface area contributed by atoms with Gasteiger partial charge in [-0.1, -0.05) is 30.9 Å². The predicted octanol–water partition coefficient (Wildman–Crippen LogP) is 1.04. The molecule has 0 heterocycles. The van der Waals surface area contributed by atoms with Crippen molar-refractivity contribution in [2.45, 2.75) is 6.92 Å². The number of hydrogen-bond acceptors (Lipinski definition) is 1. The van der Waals surface area contributed by atoms with E-state index in [0.717, 1.165) is 16.1 Å². The van der Waals surface area contributed by atoms with Gasteiger partial charge in [-0.3, -0.25) is 0 Å². The molecule has 1 heteroatoms. The second-order valence-corrected chi connectivity index (χ2v) is 2.58. The van der Waals surface area contributed by atoms with Gasteiger partial charge in [0.1, 0.15) is 0 Å². The first-order valence-electron chi connectivity index (χ1n) is 3.92. The number of hydrogen-bond donors (Lipinski definition) is 1. The summed E-state index contributed by atoms with van der Waals surface area (Å²) in [4.78, 5) is 0. The van der Waals surface area contributed by atoms with E-state index in [4.69, 9.17) is 5.73 Å². The van der Waals surface area contributed by atoms with Crippen molar-refractivity contribution in [3.63, 3.8) is 0 Å². The fourth-order valence-corrected chi connectivity index (χ4v) is 1.12. The van der Waals surface area contributed by atoms with E-state index >= 15 is 0 Å². The van der Waals surface area contributed by atoms with Gasteiger partial charge in [-0.15, -0.1) is 0 Å². The standard InChI is InChI=1S/C11H13N/c1-3-5-10-6-7-11(12)8-9(10)4-2/h3-8H,1,12H2,2H3/b9-4-,10-5-. The summed E-state index contributed by atoms with van der Waals surface area (Å²) in [7, 11) is 0. The molecule has 1 nitrogen and oxygen atoms in total. The van der Waals surface area contributed by atoms with E-state index in [1.54, 1.807) is 6.08 Å². The highest BCUT2D eigenvalue weighted by atomic mass is 14.5. The van der Waals surface area contributed by atoms with Gasteiger partial charge in [0.05, 0.1) is 0 Å². The quantitative estimate of drug-likeness (QED) is 0.609. The van der Waals surface area contributed by atoms with Crippen LogP contribution >= 0.6 is 0 Å². The van der Waals surface area contributed by atoms with E-state index in [1.807, 2.05) is 37.3 Å². The molecule has 2 N–H and O–H groups in total. The zero-order valence-electron chi connectivity index (χ0n) is 7.25. The van der Waals surface area contributed by atoms with Gasteiger partial charge in [0.25, 0.3) is 0 Å². The summed E-state index contributed by atoms with van der Waals surface area (Å²) in [5, 5.41) is 2.30. The van der Waals surface area contributed by atoms with E-state index in [-0.39, 0.29) is 0 Å². The molecule has 0 saturated heterocycles. The number of nitrogen functional groups attached to an aromatic ring is 1. The van der Waals surface area contributed by atoms with Crippen LogP contribution < -0.4 is 16.2 Å². The van der Waals surface area contributed by atoms with Gasteiger partial charge in [-0.25, -0.2) is 0 Å². The van der Waals surface area contributed by atoms with Gasteiger partial charge in [0.2, 0.25) is 0 Å². The van der Waals surface area contributed by atoms with Gasteiger partial charge in [0.15, 0.2) is 0 Å². The first-order chi connectivity index (χ1) is 5.77. The molecule has 0 aliphatic carbocycles. The Labute approximate surface area is 72.5 Å². The van der Waals surface area contributed by atoms with Gasteiger partial charge >= 0.3 is 0 Å². The van der Waals surface area contributed by atoms with E-state index < -0.39 is 0 Å². The third-order valence-electron chi connectivity index (χ3n) is 1.72. The number of nitrogens with two attached hydrogens (primary N) is 1. The molecule has 0 unspecified atom stereocenters. The monoisotopic (exact) mass is 159 g/mol. The van der Waals surface area contributed by atoms with Gasteiger partial charge in [0, 0.05) is 5.69 Å². The maximum absolute atomic E-state index is 5.64. The Hall–Kier alpha value is -1.50. The fraction of sp³-hybridized carbons (Fsp3) is 0.0909. The predicted molar refractivity (Wildman–Crippen MR) is 54.9 cm³/mol. The van der Waals surface area contributed by atoms with Crippen molar-refractivity contribution >= 4 is 17.8 Å². The second-order valence-electron chi connectivity index (χ2n) is 2.58.